The highest BCUT2D eigenvalue weighted by molar-refractivity contribution is 6.43. The van der Waals surface area contributed by atoms with Gasteiger partial charge >= 0.3 is 0 Å². The van der Waals surface area contributed by atoms with Crippen molar-refractivity contribution < 1.29 is 28.9 Å². The van der Waals surface area contributed by atoms with Gasteiger partial charge in [0.15, 0.2) is 11.5 Å². The average Bonchev–Trinajstić information content (AvgIpc) is 2.77. The smallest absolute Gasteiger partial charge is 0.253 e. The first-order valence-electron chi connectivity index (χ1n) is 9.32. The number of amides is 2. The number of carbonyl (C=O) groups excluding carboxylic acids is 2. The standard InChI is InChI=1S/C21H24Cl2N2O6/c1-12(25-21(28)14-6-4-7-15(22)18(14)23)20(27)24-10-13(26)11-31-19-16(29-2)8-5-9-17(19)30-3/h4-9,12-13,26H,10-11H2,1-3H3,(H,24,27)(H,25,28). The molecule has 10 heteroatoms. The summed E-state index contributed by atoms with van der Waals surface area (Å²) in [6.45, 7) is 1.30. The molecule has 0 saturated heterocycles. The van der Waals surface area contributed by atoms with Gasteiger partial charge in [0, 0.05) is 6.54 Å². The maximum absolute atomic E-state index is 12.3. The van der Waals surface area contributed by atoms with E-state index in [9.17, 15) is 14.7 Å². The highest BCUT2D eigenvalue weighted by atomic mass is 35.5. The zero-order chi connectivity index (χ0) is 23.0. The SMILES string of the molecule is COc1cccc(OC)c1OCC(O)CNC(=O)C(C)NC(=O)c1cccc(Cl)c1Cl. The Kier molecular flexibility index (Phi) is 9.23. The largest absolute Gasteiger partial charge is 0.493 e. The Balaban J connectivity index is 1.85. The van der Waals surface area contributed by atoms with Crippen LogP contribution in [0.25, 0.3) is 0 Å². The van der Waals surface area contributed by atoms with E-state index in [0.29, 0.717) is 17.2 Å². The highest BCUT2D eigenvalue weighted by Crippen LogP contribution is 2.36. The molecule has 2 rings (SSSR count). The Morgan fingerprint density at radius 3 is 2.29 bits per heavy atom. The molecule has 0 aromatic heterocycles. The van der Waals surface area contributed by atoms with Crippen molar-refractivity contribution in [2.45, 2.75) is 19.1 Å². The molecule has 31 heavy (non-hydrogen) atoms. The van der Waals surface area contributed by atoms with Gasteiger partial charge in [-0.05, 0) is 31.2 Å². The van der Waals surface area contributed by atoms with Crippen molar-refractivity contribution >= 4 is 35.0 Å². The third kappa shape index (κ3) is 6.65. The normalized spacial score (nSPS) is 12.5. The molecule has 2 aromatic carbocycles. The van der Waals surface area contributed by atoms with Crippen LogP contribution in [0.2, 0.25) is 10.0 Å². The van der Waals surface area contributed by atoms with Gasteiger partial charge in [0.1, 0.15) is 18.8 Å². The van der Waals surface area contributed by atoms with Crippen molar-refractivity contribution in [3.8, 4) is 17.2 Å². The molecule has 0 spiro atoms. The minimum atomic E-state index is -1.01. The van der Waals surface area contributed by atoms with Crippen molar-refractivity contribution in [3.63, 3.8) is 0 Å². The lowest BCUT2D eigenvalue weighted by molar-refractivity contribution is -0.123. The Bertz CT molecular complexity index is 902. The minimum Gasteiger partial charge on any atom is -0.493 e. The molecule has 0 radical (unpaired) electrons. The number of benzene rings is 2. The van der Waals surface area contributed by atoms with Crippen LogP contribution < -0.4 is 24.8 Å². The Labute approximate surface area is 190 Å². The van der Waals surface area contributed by atoms with E-state index in [-0.39, 0.29) is 28.8 Å². The van der Waals surface area contributed by atoms with Crippen molar-refractivity contribution in [1.82, 2.24) is 10.6 Å². The van der Waals surface area contributed by atoms with Crippen molar-refractivity contribution in [3.05, 3.63) is 52.0 Å². The second kappa shape index (κ2) is 11.6. The summed E-state index contributed by atoms with van der Waals surface area (Å²) in [6, 6.07) is 8.91. The monoisotopic (exact) mass is 470 g/mol. The van der Waals surface area contributed by atoms with Gasteiger partial charge in [0.05, 0.1) is 29.8 Å². The number of hydrogen-bond acceptors (Lipinski definition) is 6. The van der Waals surface area contributed by atoms with Crippen LogP contribution >= 0.6 is 23.2 Å². The predicted octanol–water partition coefficient (Wildman–Crippen LogP) is 2.69. The molecule has 168 valence electrons. The number of nitrogens with one attached hydrogen (secondary N) is 2. The van der Waals surface area contributed by atoms with Gasteiger partial charge in [-0.25, -0.2) is 0 Å². The molecule has 0 aliphatic carbocycles. The molecular weight excluding hydrogens is 447 g/mol. The Hall–Kier alpha value is -2.68. The maximum atomic E-state index is 12.3. The van der Waals surface area contributed by atoms with Gasteiger partial charge in [-0.3, -0.25) is 9.59 Å². The number of aliphatic hydroxyl groups is 1. The number of para-hydroxylation sites is 1. The summed E-state index contributed by atoms with van der Waals surface area (Å²) in [4.78, 5) is 24.6. The van der Waals surface area contributed by atoms with Crippen LogP contribution in [0.15, 0.2) is 36.4 Å². The zero-order valence-corrected chi connectivity index (χ0v) is 18.8. The van der Waals surface area contributed by atoms with Crippen molar-refractivity contribution in [2.24, 2.45) is 0 Å². The summed E-state index contributed by atoms with van der Waals surface area (Å²) in [6.07, 6.45) is -1.01. The average molecular weight is 471 g/mol. The predicted molar refractivity (Wildman–Crippen MR) is 117 cm³/mol. The lowest BCUT2D eigenvalue weighted by atomic mass is 10.2. The molecule has 2 aromatic rings. The summed E-state index contributed by atoms with van der Waals surface area (Å²) in [7, 11) is 2.98. The molecule has 0 bridgehead atoms. The molecule has 8 nitrogen and oxygen atoms in total. The quantitative estimate of drug-likeness (QED) is 0.492. The van der Waals surface area contributed by atoms with Crippen LogP contribution in [0.5, 0.6) is 17.2 Å². The fourth-order valence-electron chi connectivity index (χ4n) is 2.59. The summed E-state index contributed by atoms with van der Waals surface area (Å²) >= 11 is 11.9. The third-order valence-corrected chi connectivity index (χ3v) is 5.07. The molecule has 0 fully saturated rings. The molecule has 0 saturated carbocycles. The number of rotatable bonds is 10. The lowest BCUT2D eigenvalue weighted by Gasteiger charge is -2.18. The molecule has 2 amide bonds. The van der Waals surface area contributed by atoms with Crippen LogP contribution in [-0.4, -0.2) is 56.4 Å². The highest BCUT2D eigenvalue weighted by Gasteiger charge is 2.20. The van der Waals surface area contributed by atoms with E-state index in [4.69, 9.17) is 37.4 Å². The number of hydrogen-bond donors (Lipinski definition) is 3. The summed E-state index contributed by atoms with van der Waals surface area (Å²) < 4.78 is 16.1. The fraction of sp³-hybridized carbons (Fsp3) is 0.333. The number of aliphatic hydroxyl groups excluding tert-OH is 1. The van der Waals surface area contributed by atoms with Gasteiger partial charge in [-0.15, -0.1) is 0 Å². The second-order valence-corrected chi connectivity index (χ2v) is 7.28. The number of halogens is 2. The van der Waals surface area contributed by atoms with E-state index in [1.807, 2.05) is 0 Å². The van der Waals surface area contributed by atoms with Crippen molar-refractivity contribution in [1.29, 1.82) is 0 Å². The third-order valence-electron chi connectivity index (χ3n) is 4.25. The van der Waals surface area contributed by atoms with Crippen LogP contribution in [0.1, 0.15) is 17.3 Å². The first kappa shape index (κ1) is 24.6. The Morgan fingerprint density at radius 1 is 1.06 bits per heavy atom. The molecule has 2 atom stereocenters. The van der Waals surface area contributed by atoms with Crippen LogP contribution in [0, 0.1) is 0 Å². The van der Waals surface area contributed by atoms with Gasteiger partial charge in [-0.2, -0.15) is 0 Å². The zero-order valence-electron chi connectivity index (χ0n) is 17.3. The van der Waals surface area contributed by atoms with E-state index >= 15 is 0 Å². The first-order chi connectivity index (χ1) is 14.8. The number of methoxy groups -OCH3 is 2. The second-order valence-electron chi connectivity index (χ2n) is 6.50. The van der Waals surface area contributed by atoms with E-state index < -0.39 is 24.0 Å². The van der Waals surface area contributed by atoms with Crippen molar-refractivity contribution in [2.75, 3.05) is 27.4 Å². The molecular formula is C21H24Cl2N2O6. The minimum absolute atomic E-state index is 0.0889. The number of ether oxygens (including phenoxy) is 3. The van der Waals surface area contributed by atoms with E-state index in [1.165, 1.54) is 27.2 Å². The fourth-order valence-corrected chi connectivity index (χ4v) is 2.97. The maximum Gasteiger partial charge on any atom is 0.253 e. The summed E-state index contributed by atoms with van der Waals surface area (Å²) in [5.41, 5.74) is 0.160. The molecule has 0 aliphatic rings. The summed E-state index contributed by atoms with van der Waals surface area (Å²) in [5, 5.41) is 15.6. The van der Waals surface area contributed by atoms with Gasteiger partial charge < -0.3 is 30.0 Å². The molecule has 3 N–H and O–H groups in total. The topological polar surface area (TPSA) is 106 Å². The van der Waals surface area contributed by atoms with E-state index in [2.05, 4.69) is 10.6 Å². The first-order valence-corrected chi connectivity index (χ1v) is 10.1. The molecule has 0 aliphatic heterocycles. The van der Waals surface area contributed by atoms with Crippen LogP contribution in [0.4, 0.5) is 0 Å². The Morgan fingerprint density at radius 2 is 1.68 bits per heavy atom. The number of carbonyl (C=O) groups is 2. The summed E-state index contributed by atoms with van der Waals surface area (Å²) in [5.74, 6) is 0.220. The molecule has 0 heterocycles. The molecule has 2 unspecified atom stereocenters. The lowest BCUT2D eigenvalue weighted by Crippen LogP contribution is -2.47. The van der Waals surface area contributed by atoms with Crippen LogP contribution in [-0.2, 0) is 4.79 Å². The van der Waals surface area contributed by atoms with Gasteiger partial charge in [0.2, 0.25) is 11.7 Å². The van der Waals surface area contributed by atoms with Crippen LogP contribution in [0.3, 0.4) is 0 Å². The van der Waals surface area contributed by atoms with E-state index in [0.717, 1.165) is 0 Å². The van der Waals surface area contributed by atoms with Gasteiger partial charge in [-0.1, -0.05) is 35.3 Å². The van der Waals surface area contributed by atoms with Gasteiger partial charge in [0.25, 0.3) is 5.91 Å². The van der Waals surface area contributed by atoms with E-state index in [1.54, 1.807) is 30.3 Å².